The topological polar surface area (TPSA) is 88.3 Å². The molecule has 32 heavy (non-hydrogen) atoms. The van der Waals surface area contributed by atoms with Gasteiger partial charge in [0.05, 0.1) is 26.3 Å². The van der Waals surface area contributed by atoms with Crippen molar-refractivity contribution in [2.45, 2.75) is 64.7 Å². The number of rotatable bonds is 9. The summed E-state index contributed by atoms with van der Waals surface area (Å²) < 4.78 is 17.2. The fourth-order valence-electron chi connectivity index (χ4n) is 3.67. The van der Waals surface area contributed by atoms with Crippen LogP contribution < -0.4 is 20.1 Å². The lowest BCUT2D eigenvalue weighted by Crippen LogP contribution is -2.44. The van der Waals surface area contributed by atoms with Crippen molar-refractivity contribution >= 4 is 29.9 Å². The van der Waals surface area contributed by atoms with Crippen molar-refractivity contribution in [3.8, 4) is 11.5 Å². The smallest absolute Gasteiger partial charge is 0.191 e. The van der Waals surface area contributed by atoms with Gasteiger partial charge in [-0.15, -0.1) is 24.0 Å². The van der Waals surface area contributed by atoms with Crippen LogP contribution in [0.4, 0.5) is 0 Å². The van der Waals surface area contributed by atoms with E-state index in [1.54, 1.807) is 20.1 Å². The van der Waals surface area contributed by atoms with Gasteiger partial charge in [0.2, 0.25) is 0 Å². The molecule has 7 nitrogen and oxygen atoms in total. The molecule has 0 amide bonds. The minimum atomic E-state index is -1.15. The van der Waals surface area contributed by atoms with Crippen LogP contribution in [0.2, 0.25) is 0 Å². The Morgan fingerprint density at radius 3 is 2.56 bits per heavy atom. The van der Waals surface area contributed by atoms with Gasteiger partial charge in [-0.3, -0.25) is 0 Å². The van der Waals surface area contributed by atoms with Crippen LogP contribution in [-0.2, 0) is 12.1 Å². The fourth-order valence-corrected chi connectivity index (χ4v) is 3.67. The number of nitrogens with zero attached hydrogens (tertiary/aromatic N) is 1. The second kappa shape index (κ2) is 12.3. The summed E-state index contributed by atoms with van der Waals surface area (Å²) in [7, 11) is 1.66. The maximum atomic E-state index is 10.7. The summed E-state index contributed by atoms with van der Waals surface area (Å²) in [5, 5.41) is 17.2. The molecule has 8 heteroatoms. The third kappa shape index (κ3) is 7.30. The van der Waals surface area contributed by atoms with Crippen molar-refractivity contribution in [2.75, 3.05) is 20.2 Å². The zero-order valence-electron chi connectivity index (χ0n) is 19.4. The van der Waals surface area contributed by atoms with E-state index in [0.29, 0.717) is 24.8 Å². The molecule has 178 valence electrons. The number of hydrogen-bond acceptors (Lipinski definition) is 5. The Morgan fingerprint density at radius 2 is 1.94 bits per heavy atom. The van der Waals surface area contributed by atoms with Crippen molar-refractivity contribution in [3.63, 3.8) is 0 Å². The van der Waals surface area contributed by atoms with Gasteiger partial charge in [0.15, 0.2) is 17.5 Å². The molecule has 1 aromatic carbocycles. The van der Waals surface area contributed by atoms with Crippen LogP contribution in [0.15, 0.2) is 39.7 Å². The van der Waals surface area contributed by atoms with Gasteiger partial charge in [-0.1, -0.05) is 6.07 Å². The largest absolute Gasteiger partial charge is 0.493 e. The molecule has 1 unspecified atom stereocenters. The van der Waals surface area contributed by atoms with Crippen LogP contribution in [0.1, 0.15) is 56.6 Å². The number of guanidine groups is 1. The molecule has 1 fully saturated rings. The summed E-state index contributed by atoms with van der Waals surface area (Å²) in [6.07, 6.45) is 4.95. The van der Waals surface area contributed by atoms with Crippen LogP contribution in [-0.4, -0.2) is 37.4 Å². The predicted molar refractivity (Wildman–Crippen MR) is 137 cm³/mol. The van der Waals surface area contributed by atoms with E-state index in [4.69, 9.17) is 13.9 Å². The Kier molecular flexibility index (Phi) is 10.1. The molecule has 2 aromatic rings. The third-order valence-corrected chi connectivity index (χ3v) is 5.46. The Labute approximate surface area is 208 Å². The van der Waals surface area contributed by atoms with Crippen LogP contribution in [0, 0.1) is 6.92 Å². The van der Waals surface area contributed by atoms with Gasteiger partial charge in [0.1, 0.15) is 17.1 Å². The van der Waals surface area contributed by atoms with Crippen LogP contribution in [0.5, 0.6) is 11.5 Å². The Hall–Kier alpha value is -1.94. The van der Waals surface area contributed by atoms with Crippen molar-refractivity contribution in [1.29, 1.82) is 0 Å². The molecule has 3 rings (SSSR count). The van der Waals surface area contributed by atoms with E-state index in [0.717, 1.165) is 35.7 Å². The Bertz CT molecular complexity index is 876. The first kappa shape index (κ1) is 26.3. The molecular weight excluding hydrogens is 521 g/mol. The van der Waals surface area contributed by atoms with E-state index in [1.165, 1.54) is 12.8 Å². The first-order valence-corrected chi connectivity index (χ1v) is 11.1. The minimum absolute atomic E-state index is 0. The summed E-state index contributed by atoms with van der Waals surface area (Å²) in [6, 6.07) is 9.59. The van der Waals surface area contributed by atoms with Gasteiger partial charge >= 0.3 is 0 Å². The highest BCUT2D eigenvalue weighted by molar-refractivity contribution is 14.0. The molecule has 0 bridgehead atoms. The molecule has 0 radical (unpaired) electrons. The van der Waals surface area contributed by atoms with E-state index in [2.05, 4.69) is 15.6 Å². The highest BCUT2D eigenvalue weighted by Gasteiger charge is 2.27. The molecule has 1 saturated carbocycles. The van der Waals surface area contributed by atoms with Gasteiger partial charge in [-0.05, 0) is 76.3 Å². The molecule has 0 saturated heterocycles. The van der Waals surface area contributed by atoms with E-state index in [9.17, 15) is 5.11 Å². The van der Waals surface area contributed by atoms with Crippen LogP contribution >= 0.6 is 24.0 Å². The number of aliphatic hydroxyl groups is 1. The lowest BCUT2D eigenvalue weighted by Gasteiger charge is -2.23. The molecule has 0 aliphatic heterocycles. The SMILES string of the molecule is CCNC(=NCc1ccc(OC2CCCC2)c(OC)c1)NCC(C)(O)c1ccc(C)o1.I. The van der Waals surface area contributed by atoms with Crippen molar-refractivity contribution in [3.05, 3.63) is 47.4 Å². The highest BCUT2D eigenvalue weighted by Crippen LogP contribution is 2.32. The van der Waals surface area contributed by atoms with Gasteiger partial charge in [-0.25, -0.2) is 4.99 Å². The standard InChI is InChI=1S/C24H35N3O4.HI/c1-5-25-23(27-16-24(3,28)22-13-10-17(2)30-22)26-15-18-11-12-20(21(14-18)29-4)31-19-8-6-7-9-19;/h10-14,19,28H,5-9,15-16H2,1-4H3,(H2,25,26,27);1H. The Morgan fingerprint density at radius 1 is 1.19 bits per heavy atom. The summed E-state index contributed by atoms with van der Waals surface area (Å²) in [5.74, 6) is 3.43. The number of aliphatic imine (C=N–C) groups is 1. The van der Waals surface area contributed by atoms with Crippen molar-refractivity contribution in [1.82, 2.24) is 10.6 Å². The highest BCUT2D eigenvalue weighted by atomic mass is 127. The van der Waals surface area contributed by atoms with Crippen molar-refractivity contribution in [2.24, 2.45) is 4.99 Å². The molecule has 1 aliphatic rings. The zero-order valence-corrected chi connectivity index (χ0v) is 21.8. The van der Waals surface area contributed by atoms with Crippen LogP contribution in [0.25, 0.3) is 0 Å². The molecule has 1 aliphatic carbocycles. The average molecular weight is 557 g/mol. The number of hydrogen-bond donors (Lipinski definition) is 3. The van der Waals surface area contributed by atoms with Gasteiger partial charge in [0.25, 0.3) is 0 Å². The number of halogens is 1. The monoisotopic (exact) mass is 557 g/mol. The number of aryl methyl sites for hydroxylation is 1. The summed E-state index contributed by atoms with van der Waals surface area (Å²) in [4.78, 5) is 4.65. The van der Waals surface area contributed by atoms with Gasteiger partial charge in [-0.2, -0.15) is 0 Å². The summed E-state index contributed by atoms with van der Waals surface area (Å²) >= 11 is 0. The number of ether oxygens (including phenoxy) is 2. The number of methoxy groups -OCH3 is 1. The van der Waals surface area contributed by atoms with Crippen LogP contribution in [0.3, 0.4) is 0 Å². The number of furan rings is 1. The van der Waals surface area contributed by atoms with E-state index >= 15 is 0 Å². The molecular formula is C24H36IN3O4. The number of nitrogens with one attached hydrogen (secondary N) is 2. The fraction of sp³-hybridized carbons (Fsp3) is 0.542. The maximum Gasteiger partial charge on any atom is 0.191 e. The van der Waals surface area contributed by atoms with E-state index in [1.807, 2.05) is 38.1 Å². The molecule has 0 spiro atoms. The third-order valence-electron chi connectivity index (χ3n) is 5.46. The van der Waals surface area contributed by atoms with Gasteiger partial charge in [0, 0.05) is 6.54 Å². The molecule has 1 atom stereocenters. The van der Waals surface area contributed by atoms with Gasteiger partial charge < -0.3 is 29.6 Å². The van der Waals surface area contributed by atoms with Crippen molar-refractivity contribution < 1.29 is 19.0 Å². The quantitative estimate of drug-likeness (QED) is 0.239. The van der Waals surface area contributed by atoms with E-state index in [-0.39, 0.29) is 36.6 Å². The average Bonchev–Trinajstić information content (AvgIpc) is 3.43. The normalized spacial score (nSPS) is 16.2. The maximum absolute atomic E-state index is 10.7. The first-order chi connectivity index (χ1) is 14.9. The summed E-state index contributed by atoms with van der Waals surface area (Å²) in [5.41, 5.74) is -0.131. The lowest BCUT2D eigenvalue weighted by molar-refractivity contribution is 0.0378. The number of benzene rings is 1. The summed E-state index contributed by atoms with van der Waals surface area (Å²) in [6.45, 7) is 7.03. The zero-order chi connectivity index (χ0) is 22.3. The van der Waals surface area contributed by atoms with E-state index < -0.39 is 5.60 Å². The first-order valence-electron chi connectivity index (χ1n) is 11.1. The lowest BCUT2D eigenvalue weighted by atomic mass is 10.0. The second-order valence-corrected chi connectivity index (χ2v) is 8.24. The predicted octanol–water partition coefficient (Wildman–Crippen LogP) is 4.50. The molecule has 1 aromatic heterocycles. The molecule has 3 N–H and O–H groups in total. The Balaban J connectivity index is 0.00000363. The molecule has 1 heterocycles. The minimum Gasteiger partial charge on any atom is -0.493 e. The second-order valence-electron chi connectivity index (χ2n) is 8.24.